The van der Waals surface area contributed by atoms with Gasteiger partial charge in [-0.25, -0.2) is 0 Å². The first kappa shape index (κ1) is 16.7. The van der Waals surface area contributed by atoms with E-state index >= 15 is 0 Å². The van der Waals surface area contributed by atoms with Crippen LogP contribution in [0.5, 0.6) is 0 Å². The van der Waals surface area contributed by atoms with Gasteiger partial charge in [0.15, 0.2) is 0 Å². The molecule has 5 heteroatoms. The molecule has 2 rings (SSSR count). The third-order valence-electron chi connectivity index (χ3n) is 4.92. The maximum Gasteiger partial charge on any atom is 0.317 e. The predicted octanol–water partition coefficient (Wildman–Crippen LogP) is 1.82. The molecule has 0 aromatic carbocycles. The molecule has 1 saturated heterocycles. The standard InChI is InChI=1S/C16H30N2O3/c1-17(2)9-10-18(13-15(19)20)14-6-11-21-16(12-14)7-4-3-5-8-16/h14H,3-13H2,1-2H3,(H,19,20). The maximum atomic E-state index is 11.2. The number of hydrogen-bond donors (Lipinski definition) is 1. The summed E-state index contributed by atoms with van der Waals surface area (Å²) in [7, 11) is 4.07. The summed E-state index contributed by atoms with van der Waals surface area (Å²) in [4.78, 5) is 15.4. The Balaban J connectivity index is 1.98. The van der Waals surface area contributed by atoms with Crippen LogP contribution in [0.1, 0.15) is 44.9 Å². The van der Waals surface area contributed by atoms with E-state index in [1.165, 1.54) is 19.3 Å². The van der Waals surface area contributed by atoms with Gasteiger partial charge < -0.3 is 14.7 Å². The number of hydrogen-bond acceptors (Lipinski definition) is 4. The molecule has 122 valence electrons. The average Bonchev–Trinajstić information content (AvgIpc) is 2.44. The van der Waals surface area contributed by atoms with Gasteiger partial charge in [-0.1, -0.05) is 19.3 Å². The number of rotatable bonds is 6. The fourth-order valence-corrected chi connectivity index (χ4v) is 3.75. The maximum absolute atomic E-state index is 11.2. The van der Waals surface area contributed by atoms with Crippen molar-refractivity contribution in [3.8, 4) is 0 Å². The number of likely N-dealkylation sites (N-methyl/N-ethyl adjacent to an activating group) is 1. The molecule has 0 aromatic rings. The number of carboxylic acid groups (broad SMARTS) is 1. The van der Waals surface area contributed by atoms with Crippen molar-refractivity contribution in [1.29, 1.82) is 0 Å². The largest absolute Gasteiger partial charge is 0.480 e. The van der Waals surface area contributed by atoms with E-state index in [4.69, 9.17) is 4.74 Å². The molecule has 1 atom stereocenters. The average molecular weight is 298 g/mol. The van der Waals surface area contributed by atoms with E-state index in [1.807, 2.05) is 14.1 Å². The molecule has 2 fully saturated rings. The van der Waals surface area contributed by atoms with E-state index in [2.05, 4.69) is 9.80 Å². The Morgan fingerprint density at radius 3 is 2.57 bits per heavy atom. The molecule has 2 aliphatic rings. The Hall–Kier alpha value is -0.650. The molecule has 1 aliphatic heterocycles. The SMILES string of the molecule is CN(C)CCN(CC(=O)O)C1CCOC2(CCCCC2)C1. The zero-order valence-electron chi connectivity index (χ0n) is 13.5. The minimum absolute atomic E-state index is 0.0377. The summed E-state index contributed by atoms with van der Waals surface area (Å²) in [5.41, 5.74) is 0.0377. The van der Waals surface area contributed by atoms with Crippen LogP contribution in [0.3, 0.4) is 0 Å². The fraction of sp³-hybridized carbons (Fsp3) is 0.938. The van der Waals surface area contributed by atoms with Crippen LogP contribution in [-0.2, 0) is 9.53 Å². The van der Waals surface area contributed by atoms with Crippen LogP contribution in [0.25, 0.3) is 0 Å². The van der Waals surface area contributed by atoms with Crippen molar-refractivity contribution in [2.24, 2.45) is 0 Å². The number of aliphatic carboxylic acids is 1. The van der Waals surface area contributed by atoms with E-state index in [0.717, 1.165) is 45.4 Å². The van der Waals surface area contributed by atoms with Gasteiger partial charge in [-0.15, -0.1) is 0 Å². The molecule has 0 bridgehead atoms. The quantitative estimate of drug-likeness (QED) is 0.810. The molecule has 1 spiro atoms. The lowest BCUT2D eigenvalue weighted by Gasteiger charge is -2.46. The van der Waals surface area contributed by atoms with Crippen molar-refractivity contribution in [2.45, 2.75) is 56.6 Å². The molecule has 21 heavy (non-hydrogen) atoms. The molecule has 1 heterocycles. The molecule has 1 N–H and O–H groups in total. The molecule has 1 unspecified atom stereocenters. The lowest BCUT2D eigenvalue weighted by atomic mass is 9.78. The van der Waals surface area contributed by atoms with Gasteiger partial charge in [-0.05, 0) is 39.8 Å². The number of carbonyl (C=O) groups is 1. The van der Waals surface area contributed by atoms with E-state index in [-0.39, 0.29) is 12.1 Å². The molecule has 1 saturated carbocycles. The number of nitrogens with zero attached hydrogens (tertiary/aromatic N) is 2. The second kappa shape index (κ2) is 7.56. The van der Waals surface area contributed by atoms with E-state index in [9.17, 15) is 9.90 Å². The van der Waals surface area contributed by atoms with Gasteiger partial charge in [-0.3, -0.25) is 9.69 Å². The van der Waals surface area contributed by atoms with Crippen LogP contribution < -0.4 is 0 Å². The second-order valence-corrected chi connectivity index (χ2v) is 6.91. The zero-order valence-corrected chi connectivity index (χ0v) is 13.5. The minimum atomic E-state index is -0.724. The van der Waals surface area contributed by atoms with E-state index in [1.54, 1.807) is 0 Å². The fourth-order valence-electron chi connectivity index (χ4n) is 3.75. The van der Waals surface area contributed by atoms with Crippen LogP contribution in [0.2, 0.25) is 0 Å². The smallest absolute Gasteiger partial charge is 0.317 e. The molecule has 5 nitrogen and oxygen atoms in total. The van der Waals surface area contributed by atoms with Crippen molar-refractivity contribution in [2.75, 3.05) is 40.3 Å². The van der Waals surface area contributed by atoms with Crippen LogP contribution in [0, 0.1) is 0 Å². The Kier molecular flexibility index (Phi) is 6.02. The summed E-state index contributed by atoms with van der Waals surface area (Å²) in [6, 6.07) is 0.355. The highest BCUT2D eigenvalue weighted by Gasteiger charge is 2.40. The highest BCUT2D eigenvalue weighted by atomic mass is 16.5. The van der Waals surface area contributed by atoms with Gasteiger partial charge in [0.1, 0.15) is 0 Å². The van der Waals surface area contributed by atoms with Crippen molar-refractivity contribution in [3.05, 3.63) is 0 Å². The van der Waals surface area contributed by atoms with Gasteiger partial charge in [0.05, 0.1) is 12.1 Å². The molecule has 1 aliphatic carbocycles. The second-order valence-electron chi connectivity index (χ2n) is 6.91. The summed E-state index contributed by atoms with van der Waals surface area (Å²) in [5, 5.41) is 9.20. The van der Waals surface area contributed by atoms with Crippen LogP contribution >= 0.6 is 0 Å². The normalized spacial score (nSPS) is 25.6. The molecular weight excluding hydrogens is 268 g/mol. The number of ether oxygens (including phenoxy) is 1. The number of carboxylic acids is 1. The third kappa shape index (κ3) is 4.94. The monoisotopic (exact) mass is 298 g/mol. The lowest BCUT2D eigenvalue weighted by molar-refractivity contribution is -0.145. The van der Waals surface area contributed by atoms with Crippen molar-refractivity contribution in [3.63, 3.8) is 0 Å². The topological polar surface area (TPSA) is 53.0 Å². The summed E-state index contributed by atoms with van der Waals surface area (Å²) in [6.07, 6.45) is 8.09. The Morgan fingerprint density at radius 1 is 1.24 bits per heavy atom. The predicted molar refractivity (Wildman–Crippen MR) is 82.6 cm³/mol. The Labute approximate surface area is 128 Å². The van der Waals surface area contributed by atoms with Gasteiger partial charge >= 0.3 is 5.97 Å². The van der Waals surface area contributed by atoms with E-state index < -0.39 is 5.97 Å². The first-order valence-electron chi connectivity index (χ1n) is 8.25. The Bertz CT molecular complexity index is 335. The zero-order chi connectivity index (χ0) is 15.3. The first-order valence-corrected chi connectivity index (χ1v) is 8.25. The van der Waals surface area contributed by atoms with Gasteiger partial charge in [0, 0.05) is 25.7 Å². The minimum Gasteiger partial charge on any atom is -0.480 e. The highest BCUT2D eigenvalue weighted by Crippen LogP contribution is 2.39. The van der Waals surface area contributed by atoms with E-state index in [0.29, 0.717) is 6.04 Å². The summed E-state index contributed by atoms with van der Waals surface area (Å²) >= 11 is 0. The van der Waals surface area contributed by atoms with Gasteiger partial charge in [0.2, 0.25) is 0 Å². The molecular formula is C16H30N2O3. The van der Waals surface area contributed by atoms with Gasteiger partial charge in [0.25, 0.3) is 0 Å². The first-order chi connectivity index (χ1) is 10.0. The lowest BCUT2D eigenvalue weighted by Crippen LogP contribution is -2.51. The van der Waals surface area contributed by atoms with Crippen molar-refractivity contribution < 1.29 is 14.6 Å². The summed E-state index contributed by atoms with van der Waals surface area (Å²) in [5.74, 6) is -0.724. The molecule has 0 aromatic heterocycles. The van der Waals surface area contributed by atoms with Crippen LogP contribution in [0.4, 0.5) is 0 Å². The third-order valence-corrected chi connectivity index (χ3v) is 4.92. The van der Waals surface area contributed by atoms with Crippen molar-refractivity contribution in [1.82, 2.24) is 9.80 Å². The summed E-state index contributed by atoms with van der Waals surface area (Å²) in [6.45, 7) is 2.65. The van der Waals surface area contributed by atoms with Crippen LogP contribution in [-0.4, -0.2) is 72.9 Å². The van der Waals surface area contributed by atoms with Crippen molar-refractivity contribution >= 4 is 5.97 Å². The van der Waals surface area contributed by atoms with Gasteiger partial charge in [-0.2, -0.15) is 0 Å². The summed E-state index contributed by atoms with van der Waals surface area (Å²) < 4.78 is 6.13. The molecule has 0 amide bonds. The molecule has 0 radical (unpaired) electrons. The Morgan fingerprint density at radius 2 is 1.95 bits per heavy atom. The highest BCUT2D eigenvalue weighted by molar-refractivity contribution is 5.69. The van der Waals surface area contributed by atoms with Crippen LogP contribution in [0.15, 0.2) is 0 Å².